The monoisotopic (exact) mass is 524 g/mol. The predicted octanol–water partition coefficient (Wildman–Crippen LogP) is 1.71. The first-order valence-corrected chi connectivity index (χ1v) is 13.7. The minimum Gasteiger partial charge on any atom is -0.354 e. The number of carbonyl (C=O) groups is 3. The Bertz CT molecular complexity index is 1200. The zero-order valence-corrected chi connectivity index (χ0v) is 22.7. The molecule has 10 nitrogen and oxygen atoms in total. The number of piperazine rings is 1. The summed E-state index contributed by atoms with van der Waals surface area (Å²) >= 11 is 0. The van der Waals surface area contributed by atoms with Crippen LogP contribution in [0.5, 0.6) is 0 Å². The number of rotatable bonds is 8. The van der Waals surface area contributed by atoms with Gasteiger partial charge in [-0.1, -0.05) is 44.2 Å². The summed E-state index contributed by atoms with van der Waals surface area (Å²) in [6, 6.07) is 9.29. The molecule has 3 heterocycles. The molecule has 10 heteroatoms. The SMILES string of the molecule is CC(=O)N1CCCC(n2c(-c3ccccc3)c(C(=O)N3CCNCC3)n(CCNC(=O)CC(C)C)c2=O)C1. The van der Waals surface area contributed by atoms with Crippen LogP contribution in [-0.4, -0.2) is 82.5 Å². The van der Waals surface area contributed by atoms with Crippen LogP contribution in [0.2, 0.25) is 0 Å². The highest BCUT2D eigenvalue weighted by molar-refractivity contribution is 5.99. The third-order valence-electron chi connectivity index (χ3n) is 7.28. The van der Waals surface area contributed by atoms with Crippen LogP contribution < -0.4 is 16.3 Å². The van der Waals surface area contributed by atoms with Crippen molar-refractivity contribution < 1.29 is 14.4 Å². The lowest BCUT2D eigenvalue weighted by atomic mass is 10.0. The van der Waals surface area contributed by atoms with E-state index < -0.39 is 0 Å². The van der Waals surface area contributed by atoms with Crippen molar-refractivity contribution in [2.75, 3.05) is 45.8 Å². The number of aromatic nitrogens is 2. The predicted molar refractivity (Wildman–Crippen MR) is 146 cm³/mol. The Morgan fingerprint density at radius 1 is 1.05 bits per heavy atom. The van der Waals surface area contributed by atoms with E-state index in [4.69, 9.17) is 0 Å². The molecule has 206 valence electrons. The van der Waals surface area contributed by atoms with Crippen LogP contribution in [0.25, 0.3) is 11.3 Å². The van der Waals surface area contributed by atoms with Crippen molar-refractivity contribution in [3.8, 4) is 11.3 Å². The van der Waals surface area contributed by atoms with E-state index in [9.17, 15) is 19.2 Å². The first kappa shape index (κ1) is 27.6. The number of carbonyl (C=O) groups excluding carboxylic acids is 3. The number of amides is 3. The zero-order valence-electron chi connectivity index (χ0n) is 22.7. The van der Waals surface area contributed by atoms with Crippen LogP contribution in [0, 0.1) is 5.92 Å². The molecule has 2 aliphatic heterocycles. The quantitative estimate of drug-likeness (QED) is 0.547. The number of likely N-dealkylation sites (tertiary alicyclic amines) is 1. The molecule has 2 saturated heterocycles. The first-order valence-electron chi connectivity index (χ1n) is 13.7. The van der Waals surface area contributed by atoms with Crippen molar-refractivity contribution in [3.05, 3.63) is 46.5 Å². The number of piperidine rings is 1. The normalized spacial score (nSPS) is 18.1. The molecule has 2 aliphatic rings. The van der Waals surface area contributed by atoms with Gasteiger partial charge >= 0.3 is 5.69 Å². The second-order valence-corrected chi connectivity index (χ2v) is 10.6. The number of imidazole rings is 1. The van der Waals surface area contributed by atoms with Gasteiger partial charge in [0.25, 0.3) is 5.91 Å². The van der Waals surface area contributed by atoms with Gasteiger partial charge in [-0.25, -0.2) is 4.79 Å². The molecule has 1 aromatic heterocycles. The fourth-order valence-electron chi connectivity index (χ4n) is 5.42. The van der Waals surface area contributed by atoms with E-state index in [-0.39, 0.29) is 48.5 Å². The van der Waals surface area contributed by atoms with Gasteiger partial charge < -0.3 is 20.4 Å². The van der Waals surface area contributed by atoms with Crippen LogP contribution in [0.1, 0.15) is 56.6 Å². The van der Waals surface area contributed by atoms with Gasteiger partial charge in [-0.05, 0) is 18.8 Å². The van der Waals surface area contributed by atoms with Gasteiger partial charge in [0, 0.05) is 71.3 Å². The van der Waals surface area contributed by atoms with E-state index in [1.54, 1.807) is 21.3 Å². The van der Waals surface area contributed by atoms with E-state index in [1.165, 1.54) is 4.57 Å². The Hall–Kier alpha value is -3.40. The fraction of sp³-hybridized carbons (Fsp3) is 0.571. The Labute approximate surface area is 224 Å². The minimum absolute atomic E-state index is 0.0200. The van der Waals surface area contributed by atoms with Crippen molar-refractivity contribution in [3.63, 3.8) is 0 Å². The number of hydrogen-bond acceptors (Lipinski definition) is 5. The molecule has 2 fully saturated rings. The molecule has 0 spiro atoms. The van der Waals surface area contributed by atoms with Gasteiger partial charge in [0.2, 0.25) is 11.8 Å². The maximum atomic E-state index is 14.1. The molecule has 3 amide bonds. The molecular weight excluding hydrogens is 484 g/mol. The third kappa shape index (κ3) is 6.18. The maximum absolute atomic E-state index is 14.1. The highest BCUT2D eigenvalue weighted by Crippen LogP contribution is 2.31. The summed E-state index contributed by atoms with van der Waals surface area (Å²) in [5.41, 5.74) is 1.44. The van der Waals surface area contributed by atoms with Crippen molar-refractivity contribution >= 4 is 17.7 Å². The Morgan fingerprint density at radius 2 is 1.76 bits per heavy atom. The molecule has 0 radical (unpaired) electrons. The average Bonchev–Trinajstić information content (AvgIpc) is 3.20. The maximum Gasteiger partial charge on any atom is 0.329 e. The summed E-state index contributed by atoms with van der Waals surface area (Å²) in [5.74, 6) is -0.0543. The largest absolute Gasteiger partial charge is 0.354 e. The van der Waals surface area contributed by atoms with Gasteiger partial charge in [0.15, 0.2) is 0 Å². The van der Waals surface area contributed by atoms with Crippen LogP contribution >= 0.6 is 0 Å². The first-order chi connectivity index (χ1) is 18.3. The van der Waals surface area contributed by atoms with Crippen molar-refractivity contribution in [1.29, 1.82) is 0 Å². The summed E-state index contributed by atoms with van der Waals surface area (Å²) in [7, 11) is 0. The third-order valence-corrected chi connectivity index (χ3v) is 7.28. The van der Waals surface area contributed by atoms with E-state index in [0.717, 1.165) is 18.4 Å². The summed E-state index contributed by atoms with van der Waals surface area (Å²) in [4.78, 5) is 56.3. The molecule has 1 aromatic carbocycles. The number of benzene rings is 1. The number of nitrogens with zero attached hydrogens (tertiary/aromatic N) is 4. The van der Waals surface area contributed by atoms with E-state index in [2.05, 4.69) is 10.6 Å². The number of hydrogen-bond donors (Lipinski definition) is 2. The lowest BCUT2D eigenvalue weighted by molar-refractivity contribution is -0.130. The molecular formula is C28H40N6O4. The van der Waals surface area contributed by atoms with Gasteiger partial charge in [0.05, 0.1) is 11.7 Å². The average molecular weight is 525 g/mol. The molecule has 0 bridgehead atoms. The Morgan fingerprint density at radius 3 is 2.42 bits per heavy atom. The molecule has 2 N–H and O–H groups in total. The highest BCUT2D eigenvalue weighted by atomic mass is 16.2. The second-order valence-electron chi connectivity index (χ2n) is 10.6. The topological polar surface area (TPSA) is 109 Å². The Balaban J connectivity index is 1.81. The smallest absolute Gasteiger partial charge is 0.329 e. The van der Waals surface area contributed by atoms with E-state index in [1.807, 2.05) is 44.2 Å². The second kappa shape index (κ2) is 12.4. The van der Waals surface area contributed by atoms with Crippen molar-refractivity contribution in [2.45, 2.75) is 52.6 Å². The summed E-state index contributed by atoms with van der Waals surface area (Å²) in [6.45, 7) is 9.52. The molecule has 1 atom stereocenters. The number of nitrogens with one attached hydrogen (secondary N) is 2. The molecule has 0 aliphatic carbocycles. The van der Waals surface area contributed by atoms with Gasteiger partial charge in [0.1, 0.15) is 5.69 Å². The molecule has 0 saturated carbocycles. The van der Waals surface area contributed by atoms with Crippen LogP contribution in [0.3, 0.4) is 0 Å². The lowest BCUT2D eigenvalue weighted by Gasteiger charge is -2.33. The summed E-state index contributed by atoms with van der Waals surface area (Å²) in [5, 5.41) is 6.19. The summed E-state index contributed by atoms with van der Waals surface area (Å²) in [6.07, 6.45) is 1.92. The minimum atomic E-state index is -0.282. The fourth-order valence-corrected chi connectivity index (χ4v) is 5.42. The molecule has 2 aromatic rings. The standard InChI is InChI=1S/C28H40N6O4/c1-20(2)18-24(36)30-13-17-33-26(27(37)31-15-11-29-12-16-31)25(22-8-5-4-6-9-22)34(28(33)38)23-10-7-14-32(19-23)21(3)35/h4-6,8-9,20,23,29H,7,10-19H2,1-3H3,(H,30,36). The van der Waals surface area contributed by atoms with Crippen LogP contribution in [0.15, 0.2) is 35.1 Å². The zero-order chi connectivity index (χ0) is 27.2. The van der Waals surface area contributed by atoms with Gasteiger partial charge in [-0.3, -0.25) is 23.5 Å². The Kier molecular flexibility index (Phi) is 9.04. The van der Waals surface area contributed by atoms with E-state index in [0.29, 0.717) is 57.1 Å². The van der Waals surface area contributed by atoms with Gasteiger partial charge in [-0.15, -0.1) is 0 Å². The van der Waals surface area contributed by atoms with Gasteiger partial charge in [-0.2, -0.15) is 0 Å². The lowest BCUT2D eigenvalue weighted by Crippen LogP contribution is -2.47. The molecule has 38 heavy (non-hydrogen) atoms. The van der Waals surface area contributed by atoms with Crippen LogP contribution in [0.4, 0.5) is 0 Å². The molecule has 4 rings (SSSR count). The molecule has 1 unspecified atom stereocenters. The van der Waals surface area contributed by atoms with Crippen molar-refractivity contribution in [2.24, 2.45) is 5.92 Å². The summed E-state index contributed by atoms with van der Waals surface area (Å²) < 4.78 is 3.27. The highest BCUT2D eigenvalue weighted by Gasteiger charge is 2.34. The van der Waals surface area contributed by atoms with Crippen LogP contribution in [-0.2, 0) is 16.1 Å². The van der Waals surface area contributed by atoms with Crippen molar-refractivity contribution in [1.82, 2.24) is 29.6 Å². The van der Waals surface area contributed by atoms with E-state index >= 15 is 0 Å².